The SMILES string of the molecule is CCN1C(=O)C(Nc2ccc(C(C)C)cc2)=C(c2ccc(OC)cc2)C1=O. The van der Waals surface area contributed by atoms with Gasteiger partial charge in [0.25, 0.3) is 11.8 Å². The van der Waals surface area contributed by atoms with E-state index in [1.165, 1.54) is 10.5 Å². The minimum Gasteiger partial charge on any atom is -0.497 e. The van der Waals surface area contributed by atoms with E-state index in [4.69, 9.17) is 4.74 Å². The van der Waals surface area contributed by atoms with E-state index < -0.39 is 0 Å². The Hall–Kier alpha value is -3.08. The van der Waals surface area contributed by atoms with Crippen molar-refractivity contribution >= 4 is 23.1 Å². The van der Waals surface area contributed by atoms with E-state index in [0.29, 0.717) is 35.0 Å². The lowest BCUT2D eigenvalue weighted by Gasteiger charge is -2.12. The van der Waals surface area contributed by atoms with Gasteiger partial charge in [0.05, 0.1) is 12.7 Å². The first kappa shape index (κ1) is 18.7. The number of imide groups is 1. The number of carbonyl (C=O) groups is 2. The third kappa shape index (κ3) is 3.58. The standard InChI is InChI=1S/C22H24N2O3/c1-5-24-21(25)19(16-8-12-18(27-4)13-9-16)20(22(24)26)23-17-10-6-15(7-11-17)14(2)3/h6-14,23H,5H2,1-4H3. The van der Waals surface area contributed by atoms with Crippen LogP contribution in [0.3, 0.4) is 0 Å². The van der Waals surface area contributed by atoms with Crippen molar-refractivity contribution in [1.82, 2.24) is 4.90 Å². The summed E-state index contributed by atoms with van der Waals surface area (Å²) in [6.45, 7) is 6.38. The summed E-state index contributed by atoms with van der Waals surface area (Å²) in [5.74, 6) is 0.538. The number of nitrogens with zero attached hydrogens (tertiary/aromatic N) is 1. The Morgan fingerprint density at radius 3 is 2.11 bits per heavy atom. The van der Waals surface area contributed by atoms with Crippen LogP contribution in [0.15, 0.2) is 54.2 Å². The zero-order chi connectivity index (χ0) is 19.6. The van der Waals surface area contributed by atoms with Crippen LogP contribution < -0.4 is 10.1 Å². The molecule has 2 aromatic carbocycles. The second-order valence-electron chi connectivity index (χ2n) is 6.73. The third-order valence-corrected chi connectivity index (χ3v) is 4.71. The number of hydrogen-bond acceptors (Lipinski definition) is 4. The van der Waals surface area contributed by atoms with Crippen LogP contribution in [-0.2, 0) is 9.59 Å². The van der Waals surface area contributed by atoms with Crippen molar-refractivity contribution in [2.75, 3.05) is 19.0 Å². The summed E-state index contributed by atoms with van der Waals surface area (Å²) < 4.78 is 5.18. The van der Waals surface area contributed by atoms with Gasteiger partial charge < -0.3 is 10.1 Å². The lowest BCUT2D eigenvalue weighted by Crippen LogP contribution is -2.32. The maximum Gasteiger partial charge on any atom is 0.278 e. The minimum absolute atomic E-state index is 0.283. The highest BCUT2D eigenvalue weighted by Crippen LogP contribution is 2.31. The van der Waals surface area contributed by atoms with Gasteiger partial charge in [-0.25, -0.2) is 0 Å². The van der Waals surface area contributed by atoms with Gasteiger partial charge >= 0.3 is 0 Å². The van der Waals surface area contributed by atoms with Gasteiger partial charge in [0.15, 0.2) is 0 Å². The largest absolute Gasteiger partial charge is 0.497 e. The highest BCUT2D eigenvalue weighted by Gasteiger charge is 2.38. The number of nitrogens with one attached hydrogen (secondary N) is 1. The maximum atomic E-state index is 12.8. The van der Waals surface area contributed by atoms with Crippen molar-refractivity contribution in [3.05, 3.63) is 65.4 Å². The summed E-state index contributed by atoms with van der Waals surface area (Å²) >= 11 is 0. The Kier molecular flexibility index (Phi) is 5.31. The molecule has 1 aliphatic rings. The van der Waals surface area contributed by atoms with Crippen LogP contribution in [0.5, 0.6) is 5.75 Å². The van der Waals surface area contributed by atoms with Gasteiger partial charge in [-0.05, 0) is 48.2 Å². The van der Waals surface area contributed by atoms with E-state index in [0.717, 1.165) is 5.69 Å². The first-order chi connectivity index (χ1) is 13.0. The molecule has 140 valence electrons. The summed E-state index contributed by atoms with van der Waals surface area (Å²) in [5, 5.41) is 3.16. The topological polar surface area (TPSA) is 58.6 Å². The molecule has 0 aliphatic carbocycles. The molecule has 5 nitrogen and oxygen atoms in total. The van der Waals surface area contributed by atoms with E-state index in [2.05, 4.69) is 19.2 Å². The summed E-state index contributed by atoms with van der Waals surface area (Å²) in [6.07, 6.45) is 0. The lowest BCUT2D eigenvalue weighted by atomic mass is 10.0. The van der Waals surface area contributed by atoms with Crippen LogP contribution in [0, 0.1) is 0 Å². The average molecular weight is 364 g/mol. The first-order valence-corrected chi connectivity index (χ1v) is 9.08. The second-order valence-corrected chi connectivity index (χ2v) is 6.73. The lowest BCUT2D eigenvalue weighted by molar-refractivity contribution is -0.136. The maximum absolute atomic E-state index is 12.8. The Morgan fingerprint density at radius 2 is 1.59 bits per heavy atom. The van der Waals surface area contributed by atoms with Crippen molar-refractivity contribution < 1.29 is 14.3 Å². The van der Waals surface area contributed by atoms with Crippen molar-refractivity contribution in [2.24, 2.45) is 0 Å². The number of amides is 2. The number of anilines is 1. The van der Waals surface area contributed by atoms with Crippen LogP contribution in [0.1, 0.15) is 37.8 Å². The molecule has 0 saturated heterocycles. The number of rotatable bonds is 6. The smallest absolute Gasteiger partial charge is 0.278 e. The third-order valence-electron chi connectivity index (χ3n) is 4.71. The predicted molar refractivity (Wildman–Crippen MR) is 106 cm³/mol. The van der Waals surface area contributed by atoms with Gasteiger partial charge in [0.2, 0.25) is 0 Å². The van der Waals surface area contributed by atoms with Gasteiger partial charge in [-0.3, -0.25) is 14.5 Å². The molecule has 0 spiro atoms. The quantitative estimate of drug-likeness (QED) is 0.786. The van der Waals surface area contributed by atoms with Gasteiger partial charge in [-0.1, -0.05) is 38.1 Å². The number of methoxy groups -OCH3 is 1. The molecular formula is C22H24N2O3. The van der Waals surface area contributed by atoms with Crippen LogP contribution in [0.25, 0.3) is 5.57 Å². The van der Waals surface area contributed by atoms with E-state index in [9.17, 15) is 9.59 Å². The predicted octanol–water partition coefficient (Wildman–Crippen LogP) is 4.03. The summed E-state index contributed by atoms with van der Waals surface area (Å²) in [5.41, 5.74) is 3.38. The molecule has 0 bridgehead atoms. The van der Waals surface area contributed by atoms with Gasteiger partial charge in [0.1, 0.15) is 11.4 Å². The molecule has 0 aromatic heterocycles. The van der Waals surface area contributed by atoms with Crippen LogP contribution in [-0.4, -0.2) is 30.4 Å². The highest BCUT2D eigenvalue weighted by molar-refractivity contribution is 6.36. The van der Waals surface area contributed by atoms with Crippen LogP contribution >= 0.6 is 0 Å². The number of carbonyl (C=O) groups excluding carboxylic acids is 2. The molecule has 5 heteroatoms. The molecule has 27 heavy (non-hydrogen) atoms. The van der Waals surface area contributed by atoms with E-state index >= 15 is 0 Å². The Balaban J connectivity index is 2.01. The van der Waals surface area contributed by atoms with E-state index in [1.54, 1.807) is 38.3 Å². The first-order valence-electron chi connectivity index (χ1n) is 9.08. The normalized spacial score (nSPS) is 14.3. The summed E-state index contributed by atoms with van der Waals surface area (Å²) in [4.78, 5) is 26.9. The monoisotopic (exact) mass is 364 g/mol. The van der Waals surface area contributed by atoms with Crippen LogP contribution in [0.4, 0.5) is 5.69 Å². The van der Waals surface area contributed by atoms with Gasteiger partial charge in [-0.15, -0.1) is 0 Å². The van der Waals surface area contributed by atoms with Crippen molar-refractivity contribution in [1.29, 1.82) is 0 Å². The molecule has 0 saturated carbocycles. The molecule has 3 rings (SSSR count). The van der Waals surface area contributed by atoms with Crippen molar-refractivity contribution in [2.45, 2.75) is 26.7 Å². The van der Waals surface area contributed by atoms with Gasteiger partial charge in [0, 0.05) is 12.2 Å². The molecule has 1 aliphatic heterocycles. The number of hydrogen-bond donors (Lipinski definition) is 1. The Morgan fingerprint density at radius 1 is 0.963 bits per heavy atom. The molecule has 0 radical (unpaired) electrons. The van der Waals surface area contributed by atoms with Gasteiger partial charge in [-0.2, -0.15) is 0 Å². The van der Waals surface area contributed by atoms with E-state index in [-0.39, 0.29) is 11.8 Å². The fraction of sp³-hybridized carbons (Fsp3) is 0.273. The average Bonchev–Trinajstić information content (AvgIpc) is 2.91. The van der Waals surface area contributed by atoms with Crippen molar-refractivity contribution in [3.8, 4) is 5.75 Å². The fourth-order valence-electron chi connectivity index (χ4n) is 3.10. The number of benzene rings is 2. The molecule has 0 unspecified atom stereocenters. The molecule has 1 heterocycles. The molecule has 0 atom stereocenters. The fourth-order valence-corrected chi connectivity index (χ4v) is 3.10. The zero-order valence-corrected chi connectivity index (χ0v) is 16.1. The molecule has 0 fully saturated rings. The summed E-state index contributed by atoms with van der Waals surface area (Å²) in [6, 6.07) is 15.1. The molecule has 2 aromatic rings. The molecule has 1 N–H and O–H groups in total. The number of ether oxygens (including phenoxy) is 1. The highest BCUT2D eigenvalue weighted by atomic mass is 16.5. The minimum atomic E-state index is -0.304. The Bertz CT molecular complexity index is 881. The van der Waals surface area contributed by atoms with E-state index in [1.807, 2.05) is 24.3 Å². The summed E-state index contributed by atoms with van der Waals surface area (Å²) in [7, 11) is 1.59. The number of likely N-dealkylation sites (N-methyl/N-ethyl adjacent to an activating group) is 1. The zero-order valence-electron chi connectivity index (χ0n) is 16.1. The molecule has 2 amide bonds. The molecular weight excluding hydrogens is 340 g/mol. The van der Waals surface area contributed by atoms with Crippen molar-refractivity contribution in [3.63, 3.8) is 0 Å². The Labute approximate surface area is 159 Å². The van der Waals surface area contributed by atoms with Crippen LogP contribution in [0.2, 0.25) is 0 Å². The second kappa shape index (κ2) is 7.66.